The summed E-state index contributed by atoms with van der Waals surface area (Å²) in [6.07, 6.45) is 7.31. The van der Waals surface area contributed by atoms with Gasteiger partial charge in [-0.15, -0.1) is 0 Å². The molecule has 8 nitrogen and oxygen atoms in total. The second kappa shape index (κ2) is 7.12. The van der Waals surface area contributed by atoms with Gasteiger partial charge in [0.2, 0.25) is 0 Å². The molecule has 3 aromatic rings. The van der Waals surface area contributed by atoms with Gasteiger partial charge < -0.3 is 15.4 Å². The molecule has 4 heterocycles. The van der Waals surface area contributed by atoms with Gasteiger partial charge in [-0.3, -0.25) is 9.67 Å². The molecular formula is C17H21N7O. The topological polar surface area (TPSA) is 89.8 Å². The smallest absolute Gasteiger partial charge is 0.154 e. The monoisotopic (exact) mass is 339 g/mol. The van der Waals surface area contributed by atoms with Crippen molar-refractivity contribution in [3.8, 4) is 11.3 Å². The highest BCUT2D eigenvalue weighted by Gasteiger charge is 2.15. The molecule has 0 bridgehead atoms. The molecule has 8 heteroatoms. The predicted molar refractivity (Wildman–Crippen MR) is 95.3 cm³/mol. The van der Waals surface area contributed by atoms with Gasteiger partial charge in [-0.05, 0) is 13.0 Å². The molecular weight excluding hydrogens is 318 g/mol. The Morgan fingerprint density at radius 3 is 3.08 bits per heavy atom. The molecule has 0 saturated carbocycles. The summed E-state index contributed by atoms with van der Waals surface area (Å²) in [5.41, 5.74) is 3.37. The Morgan fingerprint density at radius 2 is 2.28 bits per heavy atom. The molecule has 0 aliphatic carbocycles. The fraction of sp³-hybridized carbons (Fsp3) is 0.412. The van der Waals surface area contributed by atoms with E-state index in [-0.39, 0.29) is 6.10 Å². The number of anilines is 1. The number of nitrogens with one attached hydrogen (secondary N) is 2. The quantitative estimate of drug-likeness (QED) is 0.724. The van der Waals surface area contributed by atoms with Crippen molar-refractivity contribution in [2.24, 2.45) is 0 Å². The summed E-state index contributed by atoms with van der Waals surface area (Å²) in [6.45, 7) is 6.02. The Labute approximate surface area is 145 Å². The molecule has 130 valence electrons. The van der Waals surface area contributed by atoms with Gasteiger partial charge in [0.1, 0.15) is 5.52 Å². The van der Waals surface area contributed by atoms with E-state index in [1.165, 1.54) is 0 Å². The zero-order valence-electron chi connectivity index (χ0n) is 14.1. The minimum atomic E-state index is 0.119. The molecule has 25 heavy (non-hydrogen) atoms. The number of fused-ring (bicyclic) bond motifs is 1. The largest absolute Gasteiger partial charge is 0.374 e. The van der Waals surface area contributed by atoms with Crippen molar-refractivity contribution in [1.82, 2.24) is 30.0 Å². The Hall–Kier alpha value is -2.58. The first-order valence-corrected chi connectivity index (χ1v) is 8.54. The van der Waals surface area contributed by atoms with Crippen LogP contribution in [0.2, 0.25) is 0 Å². The number of ether oxygens (including phenoxy) is 1. The minimum absolute atomic E-state index is 0.119. The molecule has 0 amide bonds. The Bertz CT molecular complexity index is 857. The first-order valence-electron chi connectivity index (χ1n) is 8.54. The van der Waals surface area contributed by atoms with Crippen LogP contribution in [0.3, 0.4) is 0 Å². The van der Waals surface area contributed by atoms with Crippen LogP contribution < -0.4 is 10.6 Å². The lowest BCUT2D eigenvalue weighted by Crippen LogP contribution is -2.42. The predicted octanol–water partition coefficient (Wildman–Crippen LogP) is 1.31. The lowest BCUT2D eigenvalue weighted by molar-refractivity contribution is 0.0372. The average molecular weight is 339 g/mol. The second-order valence-electron chi connectivity index (χ2n) is 5.94. The molecule has 1 saturated heterocycles. The van der Waals surface area contributed by atoms with Gasteiger partial charge in [0.05, 0.1) is 30.1 Å². The molecule has 0 aromatic carbocycles. The van der Waals surface area contributed by atoms with Crippen LogP contribution in [0, 0.1) is 0 Å². The number of hydrogen-bond acceptors (Lipinski definition) is 7. The summed E-state index contributed by atoms with van der Waals surface area (Å²) >= 11 is 0. The van der Waals surface area contributed by atoms with Crippen LogP contribution in [0.15, 0.2) is 30.9 Å². The fourth-order valence-corrected chi connectivity index (χ4v) is 2.87. The maximum absolute atomic E-state index is 5.74. The van der Waals surface area contributed by atoms with E-state index in [1.807, 2.05) is 23.1 Å². The molecule has 1 aliphatic rings. The van der Waals surface area contributed by atoms with Crippen LogP contribution in [0.4, 0.5) is 5.82 Å². The first-order chi connectivity index (χ1) is 12.3. The van der Waals surface area contributed by atoms with Gasteiger partial charge >= 0.3 is 0 Å². The first kappa shape index (κ1) is 15.9. The van der Waals surface area contributed by atoms with E-state index in [9.17, 15) is 0 Å². The normalized spacial score (nSPS) is 17.7. The maximum atomic E-state index is 5.74. The van der Waals surface area contributed by atoms with Crippen LogP contribution in [0.25, 0.3) is 22.3 Å². The minimum Gasteiger partial charge on any atom is -0.374 e. The summed E-state index contributed by atoms with van der Waals surface area (Å²) in [4.78, 5) is 13.6. The molecule has 4 rings (SSSR count). The van der Waals surface area contributed by atoms with E-state index in [4.69, 9.17) is 9.72 Å². The van der Waals surface area contributed by atoms with Crippen molar-refractivity contribution in [1.29, 1.82) is 0 Å². The number of morpholine rings is 1. The number of hydrogen-bond donors (Lipinski definition) is 2. The highest BCUT2D eigenvalue weighted by atomic mass is 16.5. The van der Waals surface area contributed by atoms with Crippen molar-refractivity contribution in [2.45, 2.75) is 19.6 Å². The third kappa shape index (κ3) is 3.45. The lowest BCUT2D eigenvalue weighted by Gasteiger charge is -2.24. The SMILES string of the molecule is CCn1cc(-c2cc3nccnc3c(NC[C@@H]3CNCCO3)n2)cn1. The third-order valence-electron chi connectivity index (χ3n) is 4.21. The fourth-order valence-electron chi connectivity index (χ4n) is 2.87. The second-order valence-corrected chi connectivity index (χ2v) is 5.94. The molecule has 0 radical (unpaired) electrons. The molecule has 1 fully saturated rings. The van der Waals surface area contributed by atoms with Crippen LogP contribution in [-0.2, 0) is 11.3 Å². The summed E-state index contributed by atoms with van der Waals surface area (Å²) in [5, 5.41) is 11.0. The zero-order valence-corrected chi connectivity index (χ0v) is 14.1. The summed E-state index contributed by atoms with van der Waals surface area (Å²) in [6, 6.07) is 1.95. The summed E-state index contributed by atoms with van der Waals surface area (Å²) in [5.74, 6) is 0.721. The van der Waals surface area contributed by atoms with Crippen molar-refractivity contribution in [3.63, 3.8) is 0 Å². The molecule has 1 aliphatic heterocycles. The summed E-state index contributed by atoms with van der Waals surface area (Å²) < 4.78 is 7.62. The number of rotatable bonds is 5. The van der Waals surface area contributed by atoms with Gasteiger partial charge in [-0.25, -0.2) is 9.97 Å². The molecule has 0 spiro atoms. The Balaban J connectivity index is 1.65. The van der Waals surface area contributed by atoms with Crippen molar-refractivity contribution in [2.75, 3.05) is 31.6 Å². The third-order valence-corrected chi connectivity index (χ3v) is 4.21. The van der Waals surface area contributed by atoms with Gasteiger partial charge in [-0.1, -0.05) is 0 Å². The van der Waals surface area contributed by atoms with Crippen molar-refractivity contribution in [3.05, 3.63) is 30.9 Å². The van der Waals surface area contributed by atoms with Crippen LogP contribution in [0.5, 0.6) is 0 Å². The van der Waals surface area contributed by atoms with E-state index in [2.05, 4.69) is 32.6 Å². The van der Waals surface area contributed by atoms with E-state index in [0.717, 1.165) is 54.3 Å². The lowest BCUT2D eigenvalue weighted by atomic mass is 10.2. The van der Waals surface area contributed by atoms with Gasteiger partial charge in [0.15, 0.2) is 5.82 Å². The number of aromatic nitrogens is 5. The van der Waals surface area contributed by atoms with Gasteiger partial charge in [-0.2, -0.15) is 5.10 Å². The number of aryl methyl sites for hydroxylation is 1. The Morgan fingerprint density at radius 1 is 1.36 bits per heavy atom. The molecule has 0 unspecified atom stereocenters. The molecule has 1 atom stereocenters. The molecule has 2 N–H and O–H groups in total. The average Bonchev–Trinajstić information content (AvgIpc) is 3.16. The number of pyridine rings is 1. The standard InChI is InChI=1S/C17H21N7O/c1-2-24-11-12(8-22-24)14-7-15-16(20-4-3-19-15)17(23-14)21-10-13-9-18-5-6-25-13/h3-4,7-8,11,13,18H,2,5-6,9-10H2,1H3,(H,21,23)/t13-/m0/s1. The van der Waals surface area contributed by atoms with E-state index in [1.54, 1.807) is 12.4 Å². The number of nitrogens with zero attached hydrogens (tertiary/aromatic N) is 5. The maximum Gasteiger partial charge on any atom is 0.154 e. The van der Waals surface area contributed by atoms with E-state index >= 15 is 0 Å². The van der Waals surface area contributed by atoms with Crippen LogP contribution in [0.1, 0.15) is 6.92 Å². The van der Waals surface area contributed by atoms with Crippen molar-refractivity contribution < 1.29 is 4.74 Å². The van der Waals surface area contributed by atoms with Crippen LogP contribution in [-0.4, -0.2) is 57.1 Å². The highest BCUT2D eigenvalue weighted by molar-refractivity contribution is 5.88. The van der Waals surface area contributed by atoms with Gasteiger partial charge in [0.25, 0.3) is 0 Å². The van der Waals surface area contributed by atoms with E-state index in [0.29, 0.717) is 6.54 Å². The van der Waals surface area contributed by atoms with E-state index < -0.39 is 0 Å². The van der Waals surface area contributed by atoms with Crippen LogP contribution >= 0.6 is 0 Å². The van der Waals surface area contributed by atoms with Crippen molar-refractivity contribution >= 4 is 16.9 Å². The Kier molecular flexibility index (Phi) is 4.53. The van der Waals surface area contributed by atoms with Gasteiger partial charge in [0, 0.05) is 50.3 Å². The highest BCUT2D eigenvalue weighted by Crippen LogP contribution is 2.25. The molecule has 3 aromatic heterocycles. The summed E-state index contributed by atoms with van der Waals surface area (Å²) in [7, 11) is 0. The zero-order chi connectivity index (χ0) is 17.1.